The smallest absolute Gasteiger partial charge is 0.323 e. The lowest BCUT2D eigenvalue weighted by molar-refractivity contribution is -0.181. The lowest BCUT2D eigenvalue weighted by Gasteiger charge is -2.37. The molecule has 0 atom stereocenters. The zero-order valence-corrected chi connectivity index (χ0v) is 10.7. The van der Waals surface area contributed by atoms with Crippen LogP contribution in [0.25, 0.3) is 0 Å². The highest BCUT2D eigenvalue weighted by molar-refractivity contribution is 5.88. The maximum Gasteiger partial charge on any atom is 0.323 e. The van der Waals surface area contributed by atoms with Crippen molar-refractivity contribution in [3.63, 3.8) is 0 Å². The molecule has 0 aromatic carbocycles. The number of rotatable bonds is 1. The van der Waals surface area contributed by atoms with Crippen LogP contribution in [0.4, 0.5) is 10.6 Å². The fourth-order valence-corrected chi connectivity index (χ4v) is 2.46. The van der Waals surface area contributed by atoms with Gasteiger partial charge < -0.3 is 14.4 Å². The van der Waals surface area contributed by atoms with Gasteiger partial charge >= 0.3 is 6.03 Å². The molecule has 19 heavy (non-hydrogen) atoms. The van der Waals surface area contributed by atoms with Crippen molar-refractivity contribution in [2.24, 2.45) is 0 Å². The van der Waals surface area contributed by atoms with E-state index in [0.717, 1.165) is 12.8 Å². The van der Waals surface area contributed by atoms with E-state index in [-0.39, 0.29) is 6.03 Å². The summed E-state index contributed by atoms with van der Waals surface area (Å²) < 4.78 is 11.3. The highest BCUT2D eigenvalue weighted by atomic mass is 16.7. The average Bonchev–Trinajstić information content (AvgIpc) is 2.89. The largest absolute Gasteiger partial charge is 0.347 e. The van der Waals surface area contributed by atoms with Crippen LogP contribution in [0.2, 0.25) is 0 Å². The molecule has 2 aliphatic heterocycles. The first kappa shape index (κ1) is 12.4. The van der Waals surface area contributed by atoms with Crippen LogP contribution in [0.15, 0.2) is 24.4 Å². The average molecular weight is 263 g/mol. The van der Waals surface area contributed by atoms with E-state index in [4.69, 9.17) is 9.47 Å². The molecular weight excluding hydrogens is 246 g/mol. The van der Waals surface area contributed by atoms with E-state index >= 15 is 0 Å². The highest BCUT2D eigenvalue weighted by Crippen LogP contribution is 2.31. The molecule has 1 aromatic heterocycles. The van der Waals surface area contributed by atoms with E-state index in [0.29, 0.717) is 32.1 Å². The van der Waals surface area contributed by atoms with Crippen LogP contribution in [-0.4, -0.2) is 48.0 Å². The number of hydrogen-bond acceptors (Lipinski definition) is 4. The molecule has 6 heteroatoms. The predicted octanol–water partition coefficient (Wildman–Crippen LogP) is 1.45. The molecule has 0 unspecified atom stereocenters. The van der Waals surface area contributed by atoms with Crippen molar-refractivity contribution < 1.29 is 14.3 Å². The molecule has 1 spiro atoms. The van der Waals surface area contributed by atoms with Crippen LogP contribution >= 0.6 is 0 Å². The number of aromatic nitrogens is 1. The van der Waals surface area contributed by atoms with Crippen molar-refractivity contribution in [3.8, 4) is 0 Å². The molecule has 0 aliphatic carbocycles. The summed E-state index contributed by atoms with van der Waals surface area (Å²) in [6.07, 6.45) is 3.10. The van der Waals surface area contributed by atoms with Gasteiger partial charge in [0.25, 0.3) is 0 Å². The van der Waals surface area contributed by atoms with E-state index in [9.17, 15) is 4.79 Å². The third-order valence-corrected chi connectivity index (χ3v) is 3.53. The second-order valence-corrected chi connectivity index (χ2v) is 4.74. The number of nitrogens with one attached hydrogen (secondary N) is 1. The van der Waals surface area contributed by atoms with Crippen molar-refractivity contribution in [1.29, 1.82) is 0 Å². The lowest BCUT2D eigenvalue weighted by atomic mass is 10.0. The summed E-state index contributed by atoms with van der Waals surface area (Å²) in [5, 5.41) is 2.78. The fraction of sp³-hybridized carbons (Fsp3) is 0.538. The van der Waals surface area contributed by atoms with Gasteiger partial charge in [0.05, 0.1) is 13.2 Å². The second kappa shape index (κ2) is 5.14. The Balaban J connectivity index is 1.55. The van der Waals surface area contributed by atoms with E-state index in [1.54, 1.807) is 17.2 Å². The van der Waals surface area contributed by atoms with Crippen molar-refractivity contribution >= 4 is 11.8 Å². The van der Waals surface area contributed by atoms with Crippen LogP contribution in [-0.2, 0) is 9.47 Å². The van der Waals surface area contributed by atoms with Crippen LogP contribution in [0.5, 0.6) is 0 Å². The Morgan fingerprint density at radius 1 is 1.26 bits per heavy atom. The Labute approximate surface area is 111 Å². The zero-order valence-electron chi connectivity index (χ0n) is 10.7. The number of hydrogen-bond donors (Lipinski definition) is 1. The van der Waals surface area contributed by atoms with Crippen molar-refractivity contribution in [2.45, 2.75) is 18.6 Å². The fourth-order valence-electron chi connectivity index (χ4n) is 2.46. The normalized spacial score (nSPS) is 21.6. The van der Waals surface area contributed by atoms with Gasteiger partial charge in [-0.2, -0.15) is 0 Å². The molecule has 3 rings (SSSR count). The number of anilines is 1. The van der Waals surface area contributed by atoms with Gasteiger partial charge in [-0.1, -0.05) is 6.07 Å². The number of amides is 2. The molecule has 0 saturated carbocycles. The van der Waals surface area contributed by atoms with Gasteiger partial charge in [0.15, 0.2) is 5.79 Å². The maximum atomic E-state index is 12.1. The number of likely N-dealkylation sites (tertiary alicyclic amines) is 1. The van der Waals surface area contributed by atoms with Crippen LogP contribution in [0.3, 0.4) is 0 Å². The Bertz CT molecular complexity index is 436. The third kappa shape index (κ3) is 2.69. The molecule has 2 saturated heterocycles. The van der Waals surface area contributed by atoms with Gasteiger partial charge in [0, 0.05) is 32.1 Å². The first-order chi connectivity index (χ1) is 9.27. The molecule has 2 fully saturated rings. The van der Waals surface area contributed by atoms with Gasteiger partial charge in [-0.25, -0.2) is 9.78 Å². The summed E-state index contributed by atoms with van der Waals surface area (Å²) in [5.74, 6) is 0.128. The topological polar surface area (TPSA) is 63.7 Å². The number of piperidine rings is 1. The maximum absolute atomic E-state index is 12.1. The zero-order chi connectivity index (χ0) is 13.1. The number of pyridine rings is 1. The van der Waals surface area contributed by atoms with Gasteiger partial charge in [-0.15, -0.1) is 0 Å². The third-order valence-electron chi connectivity index (χ3n) is 3.53. The summed E-state index contributed by atoms with van der Waals surface area (Å²) >= 11 is 0. The van der Waals surface area contributed by atoms with Crippen molar-refractivity contribution in [2.75, 3.05) is 31.6 Å². The minimum atomic E-state index is -0.443. The monoisotopic (exact) mass is 263 g/mol. The van der Waals surface area contributed by atoms with E-state index < -0.39 is 5.79 Å². The number of urea groups is 1. The molecule has 2 amide bonds. The molecule has 2 aliphatic rings. The van der Waals surface area contributed by atoms with E-state index in [1.807, 2.05) is 12.1 Å². The minimum Gasteiger partial charge on any atom is -0.347 e. The second-order valence-electron chi connectivity index (χ2n) is 4.74. The Hall–Kier alpha value is -1.66. The SMILES string of the molecule is O=C(Nc1ccccn1)N1CCC2(CC1)OCCO2. The molecular formula is C13H17N3O3. The number of carbonyl (C=O) groups excluding carboxylic acids is 1. The predicted molar refractivity (Wildman–Crippen MR) is 68.7 cm³/mol. The van der Waals surface area contributed by atoms with E-state index in [1.165, 1.54) is 0 Å². The van der Waals surface area contributed by atoms with Crippen LogP contribution in [0.1, 0.15) is 12.8 Å². The van der Waals surface area contributed by atoms with Crippen LogP contribution < -0.4 is 5.32 Å². The Morgan fingerprint density at radius 3 is 2.63 bits per heavy atom. The van der Waals surface area contributed by atoms with Crippen molar-refractivity contribution in [3.05, 3.63) is 24.4 Å². The van der Waals surface area contributed by atoms with Gasteiger partial charge in [-0.3, -0.25) is 5.32 Å². The molecule has 0 radical (unpaired) electrons. The number of ether oxygens (including phenoxy) is 2. The van der Waals surface area contributed by atoms with Crippen LogP contribution in [0, 0.1) is 0 Å². The van der Waals surface area contributed by atoms with Crippen molar-refractivity contribution in [1.82, 2.24) is 9.88 Å². The molecule has 102 valence electrons. The number of carbonyl (C=O) groups is 1. The van der Waals surface area contributed by atoms with Gasteiger partial charge in [0.2, 0.25) is 0 Å². The van der Waals surface area contributed by atoms with Gasteiger partial charge in [0.1, 0.15) is 5.82 Å². The van der Waals surface area contributed by atoms with E-state index in [2.05, 4.69) is 10.3 Å². The van der Waals surface area contributed by atoms with Gasteiger partial charge in [-0.05, 0) is 12.1 Å². The standard InChI is InChI=1S/C13H17N3O3/c17-12(15-11-3-1-2-6-14-11)16-7-4-13(5-8-16)18-9-10-19-13/h1-3,6H,4-5,7-10H2,(H,14,15,17). The quantitative estimate of drug-likeness (QED) is 0.833. The molecule has 0 bridgehead atoms. The highest BCUT2D eigenvalue weighted by Gasteiger charge is 2.40. The summed E-state index contributed by atoms with van der Waals surface area (Å²) in [5.41, 5.74) is 0. The summed E-state index contributed by atoms with van der Waals surface area (Å²) in [7, 11) is 0. The lowest BCUT2D eigenvalue weighted by Crippen LogP contribution is -2.48. The first-order valence-corrected chi connectivity index (χ1v) is 6.52. The Kier molecular flexibility index (Phi) is 3.35. The number of nitrogens with zero attached hydrogens (tertiary/aromatic N) is 2. The first-order valence-electron chi connectivity index (χ1n) is 6.52. The minimum absolute atomic E-state index is 0.119. The molecule has 1 N–H and O–H groups in total. The summed E-state index contributed by atoms with van der Waals surface area (Å²) in [6.45, 7) is 2.58. The summed E-state index contributed by atoms with van der Waals surface area (Å²) in [6, 6.07) is 5.31. The molecule has 3 heterocycles. The Morgan fingerprint density at radius 2 is 2.00 bits per heavy atom. The molecule has 6 nitrogen and oxygen atoms in total. The molecule has 1 aromatic rings. The summed E-state index contributed by atoms with van der Waals surface area (Å²) in [4.78, 5) is 17.9.